The molecule has 0 fully saturated rings. The van der Waals surface area contributed by atoms with Gasteiger partial charge in [0.15, 0.2) is 23.0 Å². The Balaban J connectivity index is 1.47. The van der Waals surface area contributed by atoms with Crippen molar-refractivity contribution in [3.8, 4) is 45.6 Å². The first-order valence-corrected chi connectivity index (χ1v) is 8.81. The van der Waals surface area contributed by atoms with Gasteiger partial charge in [0.25, 0.3) is 0 Å². The van der Waals surface area contributed by atoms with Gasteiger partial charge < -0.3 is 19.7 Å². The molecule has 0 spiro atoms. The van der Waals surface area contributed by atoms with E-state index in [0.29, 0.717) is 23.0 Å². The predicted molar refractivity (Wildman–Crippen MR) is 108 cm³/mol. The molecule has 4 rings (SSSR count). The average molecular weight is 370 g/mol. The highest BCUT2D eigenvalue weighted by Crippen LogP contribution is 2.33. The molecule has 0 heterocycles. The predicted octanol–water partition coefficient (Wildman–Crippen LogP) is 6.35. The highest BCUT2D eigenvalue weighted by molar-refractivity contribution is 5.65. The second-order valence-corrected chi connectivity index (χ2v) is 6.19. The Kier molecular flexibility index (Phi) is 4.85. The molecule has 0 atom stereocenters. The van der Waals surface area contributed by atoms with E-state index in [-0.39, 0.29) is 11.5 Å². The summed E-state index contributed by atoms with van der Waals surface area (Å²) >= 11 is 0. The van der Waals surface area contributed by atoms with Gasteiger partial charge in [-0.3, -0.25) is 0 Å². The van der Waals surface area contributed by atoms with E-state index in [9.17, 15) is 10.2 Å². The largest absolute Gasteiger partial charge is 0.504 e. The van der Waals surface area contributed by atoms with Crippen LogP contribution in [-0.2, 0) is 0 Å². The summed E-state index contributed by atoms with van der Waals surface area (Å²) < 4.78 is 11.4. The van der Waals surface area contributed by atoms with Crippen molar-refractivity contribution in [2.45, 2.75) is 0 Å². The van der Waals surface area contributed by atoms with Crippen molar-refractivity contribution in [3.63, 3.8) is 0 Å². The molecule has 0 aliphatic heterocycles. The normalized spacial score (nSPS) is 10.4. The summed E-state index contributed by atoms with van der Waals surface area (Å²) in [6.07, 6.45) is 0. The molecule has 138 valence electrons. The first kappa shape index (κ1) is 17.5. The van der Waals surface area contributed by atoms with Crippen molar-refractivity contribution < 1.29 is 19.7 Å². The van der Waals surface area contributed by atoms with Crippen LogP contribution in [0.1, 0.15) is 0 Å². The summed E-state index contributed by atoms with van der Waals surface area (Å²) in [5, 5.41) is 19.6. The third kappa shape index (κ3) is 3.91. The van der Waals surface area contributed by atoms with Gasteiger partial charge in [0, 0.05) is 0 Å². The Morgan fingerprint density at radius 1 is 0.429 bits per heavy atom. The van der Waals surface area contributed by atoms with Crippen molar-refractivity contribution in [2.24, 2.45) is 0 Å². The summed E-state index contributed by atoms with van der Waals surface area (Å²) in [5.41, 5.74) is 2.05. The molecule has 0 unspecified atom stereocenters. The zero-order chi connectivity index (χ0) is 19.3. The van der Waals surface area contributed by atoms with Gasteiger partial charge in [0.1, 0.15) is 11.5 Å². The van der Waals surface area contributed by atoms with Crippen LogP contribution in [-0.4, -0.2) is 10.2 Å². The van der Waals surface area contributed by atoms with Crippen LogP contribution in [0.2, 0.25) is 0 Å². The molecule has 2 N–H and O–H groups in total. The second-order valence-electron chi connectivity index (χ2n) is 6.19. The number of benzene rings is 4. The molecule has 4 nitrogen and oxygen atoms in total. The maximum atomic E-state index is 9.80. The fraction of sp³-hybridized carbons (Fsp3) is 0. The maximum absolute atomic E-state index is 9.80. The fourth-order valence-electron chi connectivity index (χ4n) is 2.77. The van der Waals surface area contributed by atoms with Gasteiger partial charge in [0.2, 0.25) is 0 Å². The highest BCUT2D eigenvalue weighted by Gasteiger charge is 2.05. The number of aromatic hydroxyl groups is 2. The van der Waals surface area contributed by atoms with E-state index in [1.807, 2.05) is 60.7 Å². The minimum Gasteiger partial charge on any atom is -0.504 e. The molecule has 0 amide bonds. The van der Waals surface area contributed by atoms with E-state index in [1.54, 1.807) is 36.4 Å². The van der Waals surface area contributed by atoms with Crippen molar-refractivity contribution in [2.75, 3.05) is 0 Å². The Labute approximate surface area is 162 Å². The minimum atomic E-state index is 0.103. The molecular formula is C24H18O4. The molecule has 4 aromatic carbocycles. The summed E-state index contributed by atoms with van der Waals surface area (Å²) in [6, 6.07) is 28.9. The van der Waals surface area contributed by atoms with E-state index in [4.69, 9.17) is 9.47 Å². The van der Waals surface area contributed by atoms with Gasteiger partial charge >= 0.3 is 0 Å². The van der Waals surface area contributed by atoms with Crippen LogP contribution >= 0.6 is 0 Å². The van der Waals surface area contributed by atoms with Crippen LogP contribution < -0.4 is 9.47 Å². The van der Waals surface area contributed by atoms with Gasteiger partial charge in [0.05, 0.1) is 0 Å². The Morgan fingerprint density at radius 3 is 1.14 bits per heavy atom. The van der Waals surface area contributed by atoms with Gasteiger partial charge in [-0.2, -0.15) is 0 Å². The molecule has 0 bridgehead atoms. The molecule has 0 aliphatic rings. The van der Waals surface area contributed by atoms with Crippen LogP contribution in [0, 0.1) is 0 Å². The van der Waals surface area contributed by atoms with Crippen molar-refractivity contribution in [3.05, 3.63) is 97.1 Å². The number of hydrogen-bond donors (Lipinski definition) is 2. The lowest BCUT2D eigenvalue weighted by molar-refractivity contribution is 0.411. The molecule has 0 radical (unpaired) electrons. The summed E-state index contributed by atoms with van der Waals surface area (Å²) in [4.78, 5) is 0. The Hall–Kier alpha value is -3.92. The van der Waals surface area contributed by atoms with Crippen LogP contribution in [0.5, 0.6) is 34.5 Å². The summed E-state index contributed by atoms with van der Waals surface area (Å²) in [5.74, 6) is 2.33. The average Bonchev–Trinajstić information content (AvgIpc) is 2.73. The van der Waals surface area contributed by atoms with Crippen molar-refractivity contribution in [1.29, 1.82) is 0 Å². The zero-order valence-electron chi connectivity index (χ0n) is 14.9. The third-order valence-electron chi connectivity index (χ3n) is 4.23. The SMILES string of the molecule is Oc1ccccc1Oc1ccc(-c2ccc(Oc3ccccc3O)cc2)cc1. The van der Waals surface area contributed by atoms with Gasteiger partial charge in [-0.05, 0) is 59.7 Å². The lowest BCUT2D eigenvalue weighted by Crippen LogP contribution is -1.86. The minimum absolute atomic E-state index is 0.103. The van der Waals surface area contributed by atoms with Crippen LogP contribution in [0.25, 0.3) is 11.1 Å². The topological polar surface area (TPSA) is 58.9 Å². The van der Waals surface area contributed by atoms with E-state index >= 15 is 0 Å². The first-order chi connectivity index (χ1) is 13.7. The summed E-state index contributed by atoms with van der Waals surface area (Å²) in [6.45, 7) is 0. The van der Waals surface area contributed by atoms with Crippen LogP contribution in [0.4, 0.5) is 0 Å². The quantitative estimate of drug-likeness (QED) is 0.430. The lowest BCUT2D eigenvalue weighted by Gasteiger charge is -2.10. The number of ether oxygens (including phenoxy) is 2. The van der Waals surface area contributed by atoms with E-state index < -0.39 is 0 Å². The first-order valence-electron chi connectivity index (χ1n) is 8.81. The fourth-order valence-corrected chi connectivity index (χ4v) is 2.77. The molecule has 0 aliphatic carbocycles. The third-order valence-corrected chi connectivity index (χ3v) is 4.23. The Morgan fingerprint density at radius 2 is 0.786 bits per heavy atom. The highest BCUT2D eigenvalue weighted by atomic mass is 16.5. The number of phenols is 2. The Bertz CT molecular complexity index is 981. The van der Waals surface area contributed by atoms with E-state index in [1.165, 1.54) is 0 Å². The van der Waals surface area contributed by atoms with E-state index in [0.717, 1.165) is 11.1 Å². The maximum Gasteiger partial charge on any atom is 0.169 e. The molecule has 0 saturated carbocycles. The monoisotopic (exact) mass is 370 g/mol. The summed E-state index contributed by atoms with van der Waals surface area (Å²) in [7, 11) is 0. The molecule has 4 aromatic rings. The molecular weight excluding hydrogens is 352 g/mol. The smallest absolute Gasteiger partial charge is 0.169 e. The molecule has 28 heavy (non-hydrogen) atoms. The van der Waals surface area contributed by atoms with Gasteiger partial charge in [-0.25, -0.2) is 0 Å². The van der Waals surface area contributed by atoms with Gasteiger partial charge in [-0.1, -0.05) is 48.5 Å². The van der Waals surface area contributed by atoms with Crippen LogP contribution in [0.15, 0.2) is 97.1 Å². The van der Waals surface area contributed by atoms with Crippen molar-refractivity contribution >= 4 is 0 Å². The van der Waals surface area contributed by atoms with Gasteiger partial charge in [-0.15, -0.1) is 0 Å². The molecule has 0 saturated heterocycles. The van der Waals surface area contributed by atoms with E-state index in [2.05, 4.69) is 0 Å². The molecule has 0 aromatic heterocycles. The standard InChI is InChI=1S/C24H18O4/c25-21-5-1-3-7-23(21)27-19-13-9-17(10-14-19)18-11-15-20(16-12-18)28-24-8-4-2-6-22(24)26/h1-16,25-26H. The second kappa shape index (κ2) is 7.76. The zero-order valence-corrected chi connectivity index (χ0v) is 14.9. The number of phenolic OH excluding ortho intramolecular Hbond substituents is 2. The van der Waals surface area contributed by atoms with Crippen LogP contribution in [0.3, 0.4) is 0 Å². The number of para-hydroxylation sites is 4. The molecule has 4 heteroatoms. The number of rotatable bonds is 5. The van der Waals surface area contributed by atoms with Crippen molar-refractivity contribution in [1.82, 2.24) is 0 Å². The number of hydrogen-bond acceptors (Lipinski definition) is 4. The lowest BCUT2D eigenvalue weighted by atomic mass is 10.1.